The highest BCUT2D eigenvalue weighted by atomic mass is 16.5. The summed E-state index contributed by atoms with van der Waals surface area (Å²) in [5.74, 6) is 2.61. The molecule has 2 aliphatic rings. The van der Waals surface area contributed by atoms with Crippen molar-refractivity contribution in [2.75, 3.05) is 14.2 Å². The topological polar surface area (TPSA) is 27.7 Å². The maximum Gasteiger partial charge on any atom is 0.136 e. The molecule has 1 heterocycles. The zero-order valence-corrected chi connectivity index (χ0v) is 17.7. The second-order valence-electron chi connectivity index (χ2n) is 8.07. The third-order valence-electron chi connectivity index (χ3n) is 5.88. The van der Waals surface area contributed by atoms with E-state index in [1.807, 2.05) is 24.3 Å². The normalized spacial score (nSPS) is 16.3. The summed E-state index contributed by atoms with van der Waals surface area (Å²) in [6, 6.07) is 25.0. The number of benzene rings is 3. The Balaban J connectivity index is 1.77. The van der Waals surface area contributed by atoms with E-state index in [1.54, 1.807) is 14.2 Å². The number of ether oxygens (including phenoxy) is 3. The molecule has 0 aromatic heterocycles. The van der Waals surface area contributed by atoms with E-state index >= 15 is 0 Å². The largest absolute Gasteiger partial charge is 0.497 e. The van der Waals surface area contributed by atoms with Crippen LogP contribution in [0.2, 0.25) is 0 Å². The van der Waals surface area contributed by atoms with Crippen molar-refractivity contribution in [3.05, 3.63) is 101 Å². The summed E-state index contributed by atoms with van der Waals surface area (Å²) in [7, 11) is 3.37. The molecule has 0 spiro atoms. The summed E-state index contributed by atoms with van der Waals surface area (Å²) >= 11 is 0. The molecule has 0 saturated heterocycles. The van der Waals surface area contributed by atoms with Crippen molar-refractivity contribution < 1.29 is 14.2 Å². The maximum atomic E-state index is 6.59. The van der Waals surface area contributed by atoms with E-state index in [2.05, 4.69) is 62.4 Å². The van der Waals surface area contributed by atoms with E-state index in [0.717, 1.165) is 22.8 Å². The summed E-state index contributed by atoms with van der Waals surface area (Å²) in [6.07, 6.45) is 0. The monoisotopic (exact) mass is 396 g/mol. The maximum absolute atomic E-state index is 6.59. The van der Waals surface area contributed by atoms with Crippen LogP contribution in [-0.2, 0) is 4.74 Å². The lowest BCUT2D eigenvalue weighted by molar-refractivity contribution is 0.133. The van der Waals surface area contributed by atoms with Crippen LogP contribution < -0.4 is 9.47 Å². The predicted octanol–water partition coefficient (Wildman–Crippen LogP) is 6.20. The lowest BCUT2D eigenvalue weighted by Crippen LogP contribution is -2.21. The molecule has 0 atom stereocenters. The van der Waals surface area contributed by atoms with E-state index in [0.29, 0.717) is 0 Å². The number of hydrogen-bond acceptors (Lipinski definition) is 3. The Kier molecular flexibility index (Phi) is 4.21. The molecule has 150 valence electrons. The standard InChI is InChI=1S/C27H24O3/c1-27(2)25-23(17-9-13-19(28-3)14-10-17)21-7-5-6-8-22(21)24(25)26(30-27)18-11-15-20(29-4)16-12-18/h5-16H,1-4H3. The van der Waals surface area contributed by atoms with Crippen molar-refractivity contribution in [1.82, 2.24) is 0 Å². The minimum absolute atomic E-state index is 0.446. The van der Waals surface area contributed by atoms with Gasteiger partial charge in [-0.1, -0.05) is 36.4 Å². The summed E-state index contributed by atoms with van der Waals surface area (Å²) < 4.78 is 17.3. The van der Waals surface area contributed by atoms with Gasteiger partial charge in [-0.25, -0.2) is 0 Å². The van der Waals surface area contributed by atoms with Gasteiger partial charge in [0.15, 0.2) is 0 Å². The molecule has 5 rings (SSSR count). The first kappa shape index (κ1) is 18.6. The van der Waals surface area contributed by atoms with Gasteiger partial charge in [-0.05, 0) is 72.5 Å². The van der Waals surface area contributed by atoms with Crippen LogP contribution in [0.15, 0.2) is 78.4 Å². The molecule has 0 N–H and O–H groups in total. The van der Waals surface area contributed by atoms with Crippen LogP contribution in [0, 0.1) is 0 Å². The zero-order chi connectivity index (χ0) is 20.9. The molecule has 0 unspecified atom stereocenters. The number of hydrogen-bond donors (Lipinski definition) is 0. The number of fused-ring (bicyclic) bond motifs is 3. The lowest BCUT2D eigenvalue weighted by atomic mass is 9.89. The molecule has 3 nitrogen and oxygen atoms in total. The molecular formula is C27H24O3. The predicted molar refractivity (Wildman–Crippen MR) is 120 cm³/mol. The molecule has 3 heteroatoms. The van der Waals surface area contributed by atoms with Gasteiger partial charge in [0, 0.05) is 16.7 Å². The summed E-state index contributed by atoms with van der Waals surface area (Å²) in [6.45, 7) is 4.29. The molecule has 3 aromatic carbocycles. The van der Waals surface area contributed by atoms with Crippen LogP contribution in [0.4, 0.5) is 0 Å². The fourth-order valence-electron chi connectivity index (χ4n) is 4.51. The first-order chi connectivity index (χ1) is 14.5. The van der Waals surface area contributed by atoms with Crippen molar-refractivity contribution in [1.29, 1.82) is 0 Å². The average molecular weight is 396 g/mol. The first-order valence-corrected chi connectivity index (χ1v) is 10.1. The Bertz CT molecular complexity index is 1180. The van der Waals surface area contributed by atoms with Gasteiger partial charge in [0.05, 0.1) is 14.2 Å². The Hall–Kier alpha value is -3.46. The molecule has 0 amide bonds. The molecule has 3 aromatic rings. The average Bonchev–Trinajstić information content (AvgIpc) is 3.27. The van der Waals surface area contributed by atoms with E-state index in [-0.39, 0.29) is 0 Å². The van der Waals surface area contributed by atoms with Crippen molar-refractivity contribution in [3.8, 4) is 11.5 Å². The Labute approximate surface area is 177 Å². The minimum atomic E-state index is -0.446. The first-order valence-electron chi connectivity index (χ1n) is 10.1. The van der Waals surface area contributed by atoms with Gasteiger partial charge in [-0.15, -0.1) is 0 Å². The quantitative estimate of drug-likeness (QED) is 0.526. The van der Waals surface area contributed by atoms with Gasteiger partial charge in [0.1, 0.15) is 22.9 Å². The molecule has 1 aliphatic carbocycles. The highest BCUT2D eigenvalue weighted by Crippen LogP contribution is 2.57. The van der Waals surface area contributed by atoms with Crippen LogP contribution in [0.3, 0.4) is 0 Å². The highest BCUT2D eigenvalue weighted by Gasteiger charge is 2.45. The van der Waals surface area contributed by atoms with Crippen LogP contribution in [0.25, 0.3) is 16.9 Å². The van der Waals surface area contributed by atoms with Crippen molar-refractivity contribution in [2.24, 2.45) is 0 Å². The third kappa shape index (κ3) is 2.73. The Morgan fingerprint density at radius 3 is 1.67 bits per heavy atom. The number of methoxy groups -OCH3 is 2. The third-order valence-corrected chi connectivity index (χ3v) is 5.88. The van der Waals surface area contributed by atoms with E-state index in [9.17, 15) is 0 Å². The van der Waals surface area contributed by atoms with Gasteiger partial charge < -0.3 is 14.2 Å². The zero-order valence-electron chi connectivity index (χ0n) is 17.7. The SMILES string of the molecule is COc1ccc(C2=C3C(=C(c4ccc(OC)cc4)c4ccccc43)C(C)(C)O2)cc1. The summed E-state index contributed by atoms with van der Waals surface area (Å²) in [5.41, 5.74) is 7.90. The van der Waals surface area contributed by atoms with Crippen molar-refractivity contribution in [2.45, 2.75) is 19.4 Å². The van der Waals surface area contributed by atoms with E-state index in [4.69, 9.17) is 14.2 Å². The minimum Gasteiger partial charge on any atom is -0.497 e. The van der Waals surface area contributed by atoms with Gasteiger partial charge in [0.25, 0.3) is 0 Å². The van der Waals surface area contributed by atoms with Crippen LogP contribution in [0.5, 0.6) is 11.5 Å². The van der Waals surface area contributed by atoms with E-state index < -0.39 is 5.60 Å². The summed E-state index contributed by atoms with van der Waals surface area (Å²) in [5, 5.41) is 0. The molecule has 1 aliphatic heterocycles. The van der Waals surface area contributed by atoms with Gasteiger partial charge in [-0.2, -0.15) is 0 Å². The van der Waals surface area contributed by atoms with Crippen molar-refractivity contribution in [3.63, 3.8) is 0 Å². The number of rotatable bonds is 4. The molecule has 0 bridgehead atoms. The molecule has 0 radical (unpaired) electrons. The van der Waals surface area contributed by atoms with Crippen LogP contribution in [0.1, 0.15) is 36.1 Å². The fraction of sp³-hybridized carbons (Fsp3) is 0.185. The van der Waals surface area contributed by atoms with E-state index in [1.165, 1.54) is 33.4 Å². The molecule has 0 saturated carbocycles. The summed E-state index contributed by atoms with van der Waals surface area (Å²) in [4.78, 5) is 0. The molecular weight excluding hydrogens is 372 g/mol. The lowest BCUT2D eigenvalue weighted by Gasteiger charge is -2.24. The molecule has 0 fully saturated rings. The Morgan fingerprint density at radius 2 is 1.13 bits per heavy atom. The fourth-order valence-corrected chi connectivity index (χ4v) is 4.51. The van der Waals surface area contributed by atoms with Gasteiger partial charge in [0.2, 0.25) is 0 Å². The van der Waals surface area contributed by atoms with Crippen LogP contribution >= 0.6 is 0 Å². The van der Waals surface area contributed by atoms with Gasteiger partial charge >= 0.3 is 0 Å². The second kappa shape index (κ2) is 6.81. The Morgan fingerprint density at radius 1 is 0.633 bits per heavy atom. The smallest absolute Gasteiger partial charge is 0.136 e. The second-order valence-corrected chi connectivity index (χ2v) is 8.07. The van der Waals surface area contributed by atoms with Crippen molar-refractivity contribution >= 4 is 16.9 Å². The molecule has 30 heavy (non-hydrogen) atoms. The highest BCUT2D eigenvalue weighted by molar-refractivity contribution is 6.14. The van der Waals surface area contributed by atoms with Gasteiger partial charge in [-0.3, -0.25) is 0 Å². The van der Waals surface area contributed by atoms with Crippen LogP contribution in [-0.4, -0.2) is 19.8 Å².